The van der Waals surface area contributed by atoms with Crippen molar-refractivity contribution in [1.29, 1.82) is 0 Å². The molecule has 0 spiro atoms. The van der Waals surface area contributed by atoms with Gasteiger partial charge < -0.3 is 0 Å². The number of hydrogen-bond donors (Lipinski definition) is 0. The van der Waals surface area contributed by atoms with Gasteiger partial charge in [0.05, 0.1) is 11.4 Å². The summed E-state index contributed by atoms with van der Waals surface area (Å²) >= 11 is 0. The molecule has 0 fully saturated rings. The van der Waals surface area contributed by atoms with Gasteiger partial charge in [0.15, 0.2) is 5.82 Å². The molecule has 0 saturated carbocycles. The summed E-state index contributed by atoms with van der Waals surface area (Å²) in [5.74, 6) is 0.719. The normalized spacial score (nSPS) is 12.9. The third kappa shape index (κ3) is 5.18. The summed E-state index contributed by atoms with van der Waals surface area (Å²) in [6.45, 7) is 4.76. The molecule has 8 aromatic carbocycles. The van der Waals surface area contributed by atoms with Crippen LogP contribution in [0.15, 0.2) is 182 Å². The summed E-state index contributed by atoms with van der Waals surface area (Å²) in [5, 5.41) is 4.94. The van der Waals surface area contributed by atoms with Gasteiger partial charge in [-0.25, -0.2) is 9.97 Å². The van der Waals surface area contributed by atoms with Crippen molar-refractivity contribution in [2.45, 2.75) is 19.3 Å². The first-order chi connectivity index (χ1) is 26.0. The minimum atomic E-state index is -0.135. The molecular formula is C51H36N2. The van der Waals surface area contributed by atoms with Crippen LogP contribution in [0.1, 0.15) is 25.0 Å². The van der Waals surface area contributed by atoms with Gasteiger partial charge in [-0.2, -0.15) is 0 Å². The van der Waals surface area contributed by atoms with Crippen LogP contribution < -0.4 is 0 Å². The van der Waals surface area contributed by atoms with Gasteiger partial charge in [-0.05, 0) is 90.3 Å². The fraction of sp³-hybridized carbons (Fsp3) is 0.0588. The van der Waals surface area contributed by atoms with Gasteiger partial charge in [0.1, 0.15) is 0 Å². The Morgan fingerprint density at radius 3 is 1.66 bits per heavy atom. The summed E-state index contributed by atoms with van der Waals surface area (Å²) in [7, 11) is 0. The number of fused-ring (bicyclic) bond motifs is 5. The van der Waals surface area contributed by atoms with Crippen LogP contribution >= 0.6 is 0 Å². The number of benzene rings is 8. The highest BCUT2D eigenvalue weighted by Gasteiger charge is 2.37. The van der Waals surface area contributed by atoms with Gasteiger partial charge in [-0.3, -0.25) is 0 Å². The number of rotatable bonds is 5. The van der Waals surface area contributed by atoms with Crippen molar-refractivity contribution in [2.24, 2.45) is 0 Å². The molecule has 250 valence electrons. The zero-order valence-corrected chi connectivity index (χ0v) is 29.7. The zero-order chi connectivity index (χ0) is 35.5. The summed E-state index contributed by atoms with van der Waals surface area (Å²) in [6.07, 6.45) is 0. The molecule has 0 amide bonds. The molecule has 1 heterocycles. The van der Waals surface area contributed by atoms with Gasteiger partial charge in [0.2, 0.25) is 0 Å². The van der Waals surface area contributed by atoms with Crippen molar-refractivity contribution in [3.63, 3.8) is 0 Å². The molecule has 0 N–H and O–H groups in total. The highest BCUT2D eigenvalue weighted by molar-refractivity contribution is 6.05. The first-order valence-electron chi connectivity index (χ1n) is 18.3. The van der Waals surface area contributed by atoms with Gasteiger partial charge in [0, 0.05) is 22.1 Å². The highest BCUT2D eigenvalue weighted by atomic mass is 14.9. The molecule has 0 bridgehead atoms. The van der Waals surface area contributed by atoms with Crippen molar-refractivity contribution in [2.75, 3.05) is 0 Å². The van der Waals surface area contributed by atoms with Crippen LogP contribution in [0.4, 0.5) is 0 Å². The maximum absolute atomic E-state index is 5.18. The minimum Gasteiger partial charge on any atom is -0.228 e. The predicted octanol–water partition coefficient (Wildman–Crippen LogP) is 13.4. The summed E-state index contributed by atoms with van der Waals surface area (Å²) in [5.41, 5.74) is 15.2. The van der Waals surface area contributed by atoms with Crippen molar-refractivity contribution in [3.8, 4) is 67.3 Å². The third-order valence-corrected chi connectivity index (χ3v) is 11.1. The molecule has 0 atom stereocenters. The van der Waals surface area contributed by atoms with Gasteiger partial charge in [-0.15, -0.1) is 0 Å². The highest BCUT2D eigenvalue weighted by Crippen LogP contribution is 2.53. The lowest BCUT2D eigenvalue weighted by Crippen LogP contribution is -2.16. The van der Waals surface area contributed by atoms with Crippen molar-refractivity contribution < 1.29 is 0 Å². The van der Waals surface area contributed by atoms with E-state index >= 15 is 0 Å². The molecule has 1 aliphatic carbocycles. The van der Waals surface area contributed by atoms with E-state index in [2.05, 4.69) is 172 Å². The van der Waals surface area contributed by atoms with E-state index in [1.54, 1.807) is 0 Å². The van der Waals surface area contributed by atoms with Crippen LogP contribution in [0.3, 0.4) is 0 Å². The van der Waals surface area contributed by atoms with Crippen LogP contribution in [0.25, 0.3) is 88.8 Å². The fourth-order valence-electron chi connectivity index (χ4n) is 8.49. The molecule has 9 aromatic rings. The largest absolute Gasteiger partial charge is 0.228 e. The average Bonchev–Trinajstić information content (AvgIpc) is 3.45. The SMILES string of the molecule is CC1(C)c2cc3ccccc3cc2-c2cccc(-c3cccc(-c4ccc(-c5cc(-c6ccccc6)nc(-c6ccccc6)n5)c5ccccc45)c3)c21. The van der Waals surface area contributed by atoms with E-state index in [0.717, 1.165) is 39.3 Å². The van der Waals surface area contributed by atoms with E-state index in [1.807, 2.05) is 24.3 Å². The number of hydrogen-bond acceptors (Lipinski definition) is 2. The van der Waals surface area contributed by atoms with E-state index in [-0.39, 0.29) is 5.41 Å². The zero-order valence-electron chi connectivity index (χ0n) is 29.7. The topological polar surface area (TPSA) is 25.8 Å². The van der Waals surface area contributed by atoms with Crippen LogP contribution in [-0.4, -0.2) is 9.97 Å². The van der Waals surface area contributed by atoms with Gasteiger partial charge >= 0.3 is 0 Å². The smallest absolute Gasteiger partial charge is 0.160 e. The molecule has 1 aliphatic rings. The van der Waals surface area contributed by atoms with Crippen LogP contribution in [-0.2, 0) is 5.41 Å². The van der Waals surface area contributed by atoms with E-state index < -0.39 is 0 Å². The monoisotopic (exact) mass is 676 g/mol. The quantitative estimate of drug-likeness (QED) is 0.181. The predicted molar refractivity (Wildman–Crippen MR) is 222 cm³/mol. The molecule has 0 radical (unpaired) electrons. The van der Waals surface area contributed by atoms with Gasteiger partial charge in [0.25, 0.3) is 0 Å². The summed E-state index contributed by atoms with van der Waals surface area (Å²) in [6, 6.07) is 65.4. The van der Waals surface area contributed by atoms with Gasteiger partial charge in [-0.1, -0.05) is 172 Å². The molecule has 53 heavy (non-hydrogen) atoms. The molecule has 1 aromatic heterocycles. The molecule has 0 unspecified atom stereocenters. The molecule has 0 saturated heterocycles. The van der Waals surface area contributed by atoms with Crippen LogP contribution in [0, 0.1) is 0 Å². The average molecular weight is 677 g/mol. The summed E-state index contributed by atoms with van der Waals surface area (Å²) < 4.78 is 0. The second-order valence-electron chi connectivity index (χ2n) is 14.6. The Morgan fingerprint density at radius 1 is 0.358 bits per heavy atom. The Bertz CT molecular complexity index is 2790. The van der Waals surface area contributed by atoms with E-state index in [1.165, 1.54) is 60.7 Å². The molecule has 2 nitrogen and oxygen atoms in total. The Morgan fingerprint density at radius 2 is 0.906 bits per heavy atom. The minimum absolute atomic E-state index is 0.135. The number of nitrogens with zero attached hydrogens (tertiary/aromatic N) is 2. The second kappa shape index (κ2) is 12.3. The first-order valence-corrected chi connectivity index (χ1v) is 18.3. The van der Waals surface area contributed by atoms with Crippen LogP contribution in [0.2, 0.25) is 0 Å². The molecular weight excluding hydrogens is 641 g/mol. The Kier molecular flexibility index (Phi) is 7.19. The lowest BCUT2D eigenvalue weighted by molar-refractivity contribution is 0.663. The molecule has 10 rings (SSSR count). The second-order valence-corrected chi connectivity index (χ2v) is 14.6. The van der Waals surface area contributed by atoms with Crippen molar-refractivity contribution in [3.05, 3.63) is 193 Å². The number of aromatic nitrogens is 2. The maximum atomic E-state index is 5.18. The van der Waals surface area contributed by atoms with Crippen molar-refractivity contribution >= 4 is 21.5 Å². The van der Waals surface area contributed by atoms with Crippen LogP contribution in [0.5, 0.6) is 0 Å². The summed E-state index contributed by atoms with van der Waals surface area (Å²) in [4.78, 5) is 10.2. The standard InChI is InChI=1S/C51H36N2/c1-51(2)46-31-36-20-10-9-19-35(36)30-45(46)44-26-14-25-40(49(44)51)38-22-13-21-37(29-38)39-27-28-43(42-24-12-11-23-41(39)42)48-32-47(33-15-5-3-6-16-33)52-50(53-48)34-17-7-4-8-18-34/h3-32H,1-2H3. The fourth-order valence-corrected chi connectivity index (χ4v) is 8.49. The lowest BCUT2D eigenvalue weighted by atomic mass is 9.78. The Balaban J connectivity index is 1.10. The molecule has 0 aliphatic heterocycles. The molecule has 2 heteroatoms. The van der Waals surface area contributed by atoms with E-state index in [9.17, 15) is 0 Å². The lowest BCUT2D eigenvalue weighted by Gasteiger charge is -2.25. The third-order valence-electron chi connectivity index (χ3n) is 11.1. The Hall–Kier alpha value is -6.64. The maximum Gasteiger partial charge on any atom is 0.160 e. The van der Waals surface area contributed by atoms with E-state index in [0.29, 0.717) is 0 Å². The first kappa shape index (κ1) is 31.1. The van der Waals surface area contributed by atoms with E-state index in [4.69, 9.17) is 9.97 Å². The Labute approximate surface area is 310 Å². The van der Waals surface area contributed by atoms with Crippen molar-refractivity contribution in [1.82, 2.24) is 9.97 Å².